The lowest BCUT2D eigenvalue weighted by atomic mass is 10.0. The molecule has 2 aromatic carbocycles. The molecule has 0 fully saturated rings. The van der Waals surface area contributed by atoms with Crippen LogP contribution in [0.15, 0.2) is 62.7 Å². The number of hydrogen-bond donors (Lipinski definition) is 0. The Labute approximate surface area is 134 Å². The third-order valence-corrected chi connectivity index (χ3v) is 5.69. The highest BCUT2D eigenvalue weighted by atomic mass is 32.2. The van der Waals surface area contributed by atoms with Crippen LogP contribution in [0.1, 0.15) is 11.1 Å². The second kappa shape index (κ2) is 6.55. The van der Waals surface area contributed by atoms with Gasteiger partial charge in [-0.15, -0.1) is 0 Å². The number of amides is 1. The van der Waals surface area contributed by atoms with Crippen molar-refractivity contribution in [2.24, 2.45) is 4.36 Å². The van der Waals surface area contributed by atoms with E-state index in [0.29, 0.717) is 6.54 Å². The Morgan fingerprint density at radius 2 is 1.50 bits per heavy atom. The van der Waals surface area contributed by atoms with Crippen LogP contribution >= 0.6 is 0 Å². The molecule has 0 atom stereocenters. The summed E-state index contributed by atoms with van der Waals surface area (Å²) in [5.41, 5.74) is 2.62. The van der Waals surface area contributed by atoms with Crippen LogP contribution in [-0.4, -0.2) is 31.4 Å². The van der Waals surface area contributed by atoms with Crippen LogP contribution in [0.4, 0.5) is 0 Å². The van der Waals surface area contributed by atoms with E-state index in [0.717, 1.165) is 12.8 Å². The standard InChI is InChI=1S/C18H20N2OS/c1-20(2)13-18(21)19-22-16-9-5-3-7-14(16)11-12-15-8-4-6-10-17(15)22/h3-10H,11-13H2,1-2H3. The van der Waals surface area contributed by atoms with Crippen molar-refractivity contribution in [1.82, 2.24) is 4.90 Å². The smallest absolute Gasteiger partial charge is 0.266 e. The molecule has 4 heteroatoms. The molecule has 22 heavy (non-hydrogen) atoms. The molecule has 3 nitrogen and oxygen atoms in total. The number of nitrogens with zero attached hydrogens (tertiary/aromatic N) is 2. The summed E-state index contributed by atoms with van der Waals surface area (Å²) < 4.78 is 4.57. The molecule has 0 N–H and O–H groups in total. The largest absolute Gasteiger partial charge is 0.301 e. The Bertz CT molecular complexity index is 688. The normalized spacial score (nSPS) is 14.1. The fourth-order valence-corrected chi connectivity index (χ4v) is 4.63. The predicted octanol–water partition coefficient (Wildman–Crippen LogP) is 3.09. The van der Waals surface area contributed by atoms with Gasteiger partial charge < -0.3 is 4.90 Å². The monoisotopic (exact) mass is 312 g/mol. The van der Waals surface area contributed by atoms with Gasteiger partial charge in [-0.05, 0) is 60.9 Å². The number of carbonyl (C=O) groups is 1. The molecule has 1 aliphatic heterocycles. The van der Waals surface area contributed by atoms with Crippen molar-refractivity contribution >= 4 is 16.6 Å². The molecular formula is C18H20N2OS. The Morgan fingerprint density at radius 3 is 2.00 bits per heavy atom. The number of rotatable bonds is 2. The first kappa shape index (κ1) is 15.1. The van der Waals surface area contributed by atoms with Gasteiger partial charge in [-0.25, -0.2) is 0 Å². The van der Waals surface area contributed by atoms with Crippen LogP contribution in [-0.2, 0) is 28.3 Å². The van der Waals surface area contributed by atoms with Crippen molar-refractivity contribution in [3.8, 4) is 0 Å². The van der Waals surface area contributed by atoms with Gasteiger partial charge in [0, 0.05) is 9.79 Å². The summed E-state index contributed by atoms with van der Waals surface area (Å²) in [5, 5.41) is 0. The average Bonchev–Trinajstić information content (AvgIpc) is 2.65. The molecule has 0 aromatic heterocycles. The summed E-state index contributed by atoms with van der Waals surface area (Å²) in [6.07, 6.45) is 2.02. The molecule has 114 valence electrons. The van der Waals surface area contributed by atoms with E-state index in [1.165, 1.54) is 20.9 Å². The Morgan fingerprint density at radius 1 is 1.00 bits per heavy atom. The quantitative estimate of drug-likeness (QED) is 0.853. The summed E-state index contributed by atoms with van der Waals surface area (Å²) in [4.78, 5) is 16.5. The summed E-state index contributed by atoms with van der Waals surface area (Å²) in [5.74, 6) is -0.0557. The highest BCUT2D eigenvalue weighted by Crippen LogP contribution is 2.30. The van der Waals surface area contributed by atoms with E-state index in [2.05, 4.69) is 40.8 Å². The van der Waals surface area contributed by atoms with Gasteiger partial charge in [-0.2, -0.15) is 4.36 Å². The lowest BCUT2D eigenvalue weighted by Crippen LogP contribution is -2.20. The zero-order valence-corrected chi connectivity index (χ0v) is 13.8. The van der Waals surface area contributed by atoms with E-state index in [4.69, 9.17) is 0 Å². The molecule has 2 aromatic rings. The molecule has 0 spiro atoms. The van der Waals surface area contributed by atoms with Gasteiger partial charge >= 0.3 is 0 Å². The molecule has 1 amide bonds. The number of fused-ring (bicyclic) bond motifs is 2. The number of likely N-dealkylation sites (N-methyl/N-ethyl adjacent to an activating group) is 1. The van der Waals surface area contributed by atoms with E-state index in [-0.39, 0.29) is 5.91 Å². The lowest BCUT2D eigenvalue weighted by Gasteiger charge is -2.12. The van der Waals surface area contributed by atoms with Gasteiger partial charge in [0.2, 0.25) is 0 Å². The maximum absolute atomic E-state index is 12.3. The van der Waals surface area contributed by atoms with Crippen molar-refractivity contribution in [1.29, 1.82) is 0 Å². The Hall–Kier alpha value is -1.78. The highest BCUT2D eigenvalue weighted by Gasteiger charge is 2.19. The van der Waals surface area contributed by atoms with Crippen molar-refractivity contribution in [2.45, 2.75) is 22.6 Å². The van der Waals surface area contributed by atoms with Gasteiger partial charge in [0.1, 0.15) is 0 Å². The molecule has 0 aliphatic carbocycles. The topological polar surface area (TPSA) is 32.7 Å². The van der Waals surface area contributed by atoms with Crippen LogP contribution in [0, 0.1) is 0 Å². The summed E-state index contributed by atoms with van der Waals surface area (Å²) >= 11 is 0. The Kier molecular flexibility index (Phi) is 4.50. The minimum Gasteiger partial charge on any atom is -0.301 e. The molecular weight excluding hydrogens is 292 g/mol. The zero-order valence-electron chi connectivity index (χ0n) is 13.0. The number of aryl methyl sites for hydroxylation is 2. The molecule has 0 unspecified atom stereocenters. The summed E-state index contributed by atoms with van der Waals surface area (Å²) in [6.45, 7) is 0.355. The molecule has 0 saturated heterocycles. The SMILES string of the molecule is CN(C)CC(=O)N=S1c2ccccc2CCc2ccccc21. The third-order valence-electron chi connectivity index (χ3n) is 3.67. The van der Waals surface area contributed by atoms with Gasteiger partial charge in [0.25, 0.3) is 5.91 Å². The minimum atomic E-state index is -0.510. The first-order valence-electron chi connectivity index (χ1n) is 7.44. The minimum absolute atomic E-state index is 0.0557. The Balaban J connectivity index is 2.14. The van der Waals surface area contributed by atoms with E-state index >= 15 is 0 Å². The highest BCUT2D eigenvalue weighted by molar-refractivity contribution is 7.87. The molecule has 0 bridgehead atoms. The third kappa shape index (κ3) is 3.18. The lowest BCUT2D eigenvalue weighted by molar-refractivity contribution is -0.118. The van der Waals surface area contributed by atoms with E-state index < -0.39 is 10.7 Å². The number of hydrogen-bond acceptors (Lipinski definition) is 2. The predicted molar refractivity (Wildman–Crippen MR) is 90.2 cm³/mol. The van der Waals surface area contributed by atoms with Gasteiger partial charge in [0.05, 0.1) is 6.54 Å². The fraction of sp³-hybridized carbons (Fsp3) is 0.278. The second-order valence-electron chi connectivity index (χ2n) is 5.72. The van der Waals surface area contributed by atoms with Crippen LogP contribution < -0.4 is 0 Å². The second-order valence-corrected chi connectivity index (χ2v) is 7.35. The maximum atomic E-state index is 12.3. The van der Waals surface area contributed by atoms with Crippen LogP contribution in [0.2, 0.25) is 0 Å². The maximum Gasteiger partial charge on any atom is 0.266 e. The molecule has 1 aliphatic rings. The van der Waals surface area contributed by atoms with E-state index in [1.54, 1.807) is 0 Å². The fourth-order valence-electron chi connectivity index (χ4n) is 2.69. The van der Waals surface area contributed by atoms with Crippen molar-refractivity contribution in [3.63, 3.8) is 0 Å². The summed E-state index contributed by atoms with van der Waals surface area (Å²) in [7, 11) is 3.28. The van der Waals surface area contributed by atoms with Crippen LogP contribution in [0.3, 0.4) is 0 Å². The van der Waals surface area contributed by atoms with Gasteiger partial charge in [-0.1, -0.05) is 36.4 Å². The molecule has 0 radical (unpaired) electrons. The van der Waals surface area contributed by atoms with Crippen LogP contribution in [0.5, 0.6) is 0 Å². The van der Waals surface area contributed by atoms with Gasteiger partial charge in [-0.3, -0.25) is 4.79 Å². The first-order chi connectivity index (χ1) is 10.6. The van der Waals surface area contributed by atoms with E-state index in [1.807, 2.05) is 31.1 Å². The summed E-state index contributed by atoms with van der Waals surface area (Å²) in [6, 6.07) is 16.8. The molecule has 0 saturated carbocycles. The first-order valence-corrected chi connectivity index (χ1v) is 8.63. The zero-order chi connectivity index (χ0) is 15.5. The average molecular weight is 312 g/mol. The van der Waals surface area contributed by atoms with Crippen LogP contribution in [0.25, 0.3) is 0 Å². The van der Waals surface area contributed by atoms with Crippen molar-refractivity contribution < 1.29 is 4.79 Å². The van der Waals surface area contributed by atoms with Gasteiger partial charge in [0.15, 0.2) is 0 Å². The molecule has 1 heterocycles. The van der Waals surface area contributed by atoms with Crippen molar-refractivity contribution in [2.75, 3.05) is 20.6 Å². The van der Waals surface area contributed by atoms with Crippen molar-refractivity contribution in [3.05, 3.63) is 59.7 Å². The number of benzene rings is 2. The number of carbonyl (C=O) groups excluding carboxylic acids is 1. The van der Waals surface area contributed by atoms with E-state index in [9.17, 15) is 4.79 Å². The molecule has 3 rings (SSSR count).